The van der Waals surface area contributed by atoms with Crippen LogP contribution in [0.2, 0.25) is 0 Å². The fourth-order valence-electron chi connectivity index (χ4n) is 7.75. The van der Waals surface area contributed by atoms with Crippen molar-refractivity contribution < 1.29 is 45.4 Å². The Hall–Kier alpha value is -4.63. The molecule has 2 heterocycles. The van der Waals surface area contributed by atoms with Gasteiger partial charge in [-0.2, -0.15) is 16.8 Å². The van der Waals surface area contributed by atoms with Crippen LogP contribution in [0.25, 0.3) is 0 Å². The Morgan fingerprint density at radius 3 is 1.64 bits per heavy atom. The average Bonchev–Trinajstić information content (AvgIpc) is 3.42. The molecule has 12 nitrogen and oxygen atoms in total. The minimum absolute atomic E-state index is 0.0246. The molecule has 3 aromatic rings. The topological polar surface area (TPSA) is 187 Å². The second-order valence-electron chi connectivity index (χ2n) is 14.8. The van der Waals surface area contributed by atoms with E-state index in [1.807, 2.05) is 67.8 Å². The first-order chi connectivity index (χ1) is 24.7. The molecule has 0 aromatic heterocycles. The van der Waals surface area contributed by atoms with Crippen LogP contribution in [0.5, 0.6) is 0 Å². The Balaban J connectivity index is 1.35. The van der Waals surface area contributed by atoms with Crippen molar-refractivity contribution in [3.63, 3.8) is 0 Å². The van der Waals surface area contributed by atoms with E-state index in [0.29, 0.717) is 66.2 Å². The number of hydrogen-bond acceptors (Lipinski definition) is 9. The third-order valence-corrected chi connectivity index (χ3v) is 12.4. The van der Waals surface area contributed by atoms with Crippen molar-refractivity contribution in [2.75, 3.05) is 16.3 Å². The summed E-state index contributed by atoms with van der Waals surface area (Å²) in [5.74, 6) is -3.71. The molecule has 0 spiro atoms. The van der Waals surface area contributed by atoms with Crippen LogP contribution < -0.4 is 9.80 Å². The highest BCUT2D eigenvalue weighted by Crippen LogP contribution is 2.52. The highest BCUT2D eigenvalue weighted by atomic mass is 32.2. The summed E-state index contributed by atoms with van der Waals surface area (Å²) >= 11 is 0. The standard InChI is InChI=1S/C39H42N2O10S2/c1-38(2)29-19-25(52(46,47)48)14-16-31(29)40(18-10-6-9-13-35(42)43)33(38)21-27-36(44)28(37(27)45)22-34-39(3,4)30-20-26(53(49,50)51)15-17-32(30)41(34)23-24-11-7-5-8-12-24/h5,7-8,11-12,14-17,19-22,27-28H,6,9-10,13,18,23H2,1-4H3,(H,42,43)(H,46,47,48)(H,49,50,51)/b33-21+,34-22-. The summed E-state index contributed by atoms with van der Waals surface area (Å²) in [7, 11) is -9.01. The summed E-state index contributed by atoms with van der Waals surface area (Å²) in [5.41, 5.74) is 3.02. The number of carboxylic acid groups (broad SMARTS) is 1. The quantitative estimate of drug-likeness (QED) is 0.110. The number of rotatable bonds is 12. The molecule has 14 heteroatoms. The lowest BCUT2D eigenvalue weighted by molar-refractivity contribution is -0.146. The van der Waals surface area contributed by atoms with E-state index in [4.69, 9.17) is 5.11 Å². The monoisotopic (exact) mass is 762 g/mol. The van der Waals surface area contributed by atoms with Gasteiger partial charge in [-0.15, -0.1) is 0 Å². The van der Waals surface area contributed by atoms with Crippen molar-refractivity contribution in [2.45, 2.75) is 80.5 Å². The van der Waals surface area contributed by atoms with E-state index in [1.165, 1.54) is 24.3 Å². The first kappa shape index (κ1) is 38.1. The number of unbranched alkanes of at least 4 members (excludes halogenated alkanes) is 2. The van der Waals surface area contributed by atoms with Gasteiger partial charge >= 0.3 is 5.97 Å². The van der Waals surface area contributed by atoms with Gasteiger partial charge in [0.2, 0.25) is 0 Å². The summed E-state index contributed by atoms with van der Waals surface area (Å²) in [6, 6.07) is 18.2. The molecule has 3 aromatic carbocycles. The molecule has 0 saturated heterocycles. The van der Waals surface area contributed by atoms with Crippen molar-refractivity contribution >= 4 is 49.1 Å². The number of benzene rings is 3. The summed E-state index contributed by atoms with van der Waals surface area (Å²) in [6.45, 7) is 8.24. The fourth-order valence-corrected chi connectivity index (χ4v) is 8.76. The Labute approximate surface area is 309 Å². The Morgan fingerprint density at radius 2 is 1.17 bits per heavy atom. The molecule has 2 aliphatic heterocycles. The summed E-state index contributed by atoms with van der Waals surface area (Å²) in [5, 5.41) is 9.06. The van der Waals surface area contributed by atoms with Crippen molar-refractivity contribution in [1.29, 1.82) is 0 Å². The van der Waals surface area contributed by atoms with Gasteiger partial charge in [0.15, 0.2) is 11.6 Å². The molecule has 280 valence electrons. The van der Waals surface area contributed by atoms with Gasteiger partial charge in [-0.25, -0.2) is 0 Å². The maximum absolute atomic E-state index is 14.0. The van der Waals surface area contributed by atoms with Crippen LogP contribution >= 0.6 is 0 Å². The molecule has 6 rings (SSSR count). The number of aliphatic carboxylic acids is 1. The van der Waals surface area contributed by atoms with E-state index >= 15 is 0 Å². The molecule has 3 N–H and O–H groups in total. The number of hydrogen-bond donors (Lipinski definition) is 3. The molecule has 0 unspecified atom stereocenters. The van der Waals surface area contributed by atoms with E-state index in [2.05, 4.69) is 0 Å². The highest BCUT2D eigenvalue weighted by Gasteiger charge is 2.51. The van der Waals surface area contributed by atoms with Gasteiger partial charge < -0.3 is 14.9 Å². The minimum Gasteiger partial charge on any atom is -0.481 e. The van der Waals surface area contributed by atoms with Crippen molar-refractivity contribution in [2.24, 2.45) is 11.8 Å². The van der Waals surface area contributed by atoms with Gasteiger partial charge in [0.1, 0.15) is 0 Å². The van der Waals surface area contributed by atoms with Gasteiger partial charge in [0.25, 0.3) is 20.2 Å². The molecule has 0 atom stereocenters. The van der Waals surface area contributed by atoms with Crippen LogP contribution in [0.3, 0.4) is 0 Å². The second-order valence-corrected chi connectivity index (χ2v) is 17.7. The van der Waals surface area contributed by atoms with Gasteiger partial charge in [-0.05, 0) is 78.1 Å². The SMILES string of the molecule is CC1(C)/C(=C/C2C(=O)C(/C=C3/N(CCCCCC(=O)O)c4ccc(S(=O)(=O)O)cc4C3(C)C)C2=O)N(Cc2ccccc2)c2ccc(S(=O)(=O)O)cc21. The number of ketones is 2. The van der Waals surface area contributed by atoms with Crippen LogP contribution in [0.1, 0.15) is 70.1 Å². The number of carbonyl (C=O) groups is 3. The molecule has 3 aliphatic rings. The van der Waals surface area contributed by atoms with E-state index < -0.39 is 48.9 Å². The molecular weight excluding hydrogens is 721 g/mol. The molecule has 0 radical (unpaired) electrons. The van der Waals surface area contributed by atoms with Crippen molar-refractivity contribution in [3.05, 3.63) is 107 Å². The van der Waals surface area contributed by atoms with Crippen LogP contribution in [-0.2, 0) is 52.0 Å². The normalized spacial score (nSPS) is 21.9. The predicted molar refractivity (Wildman–Crippen MR) is 198 cm³/mol. The highest BCUT2D eigenvalue weighted by molar-refractivity contribution is 7.86. The van der Waals surface area contributed by atoms with E-state index in [0.717, 1.165) is 5.56 Å². The molecule has 53 heavy (non-hydrogen) atoms. The number of anilines is 2. The summed E-state index contributed by atoms with van der Waals surface area (Å²) < 4.78 is 67.8. The fraction of sp³-hybridized carbons (Fsp3) is 0.359. The molecule has 1 fully saturated rings. The van der Waals surface area contributed by atoms with Gasteiger partial charge in [-0.3, -0.25) is 23.5 Å². The second kappa shape index (κ2) is 13.7. The Morgan fingerprint density at radius 1 is 0.698 bits per heavy atom. The lowest BCUT2D eigenvalue weighted by atomic mass is 9.69. The number of fused-ring (bicyclic) bond motifs is 2. The summed E-state index contributed by atoms with van der Waals surface area (Å²) in [4.78, 5) is 42.4. The van der Waals surface area contributed by atoms with Gasteiger partial charge in [-0.1, -0.05) is 64.4 Å². The minimum atomic E-state index is -4.51. The van der Waals surface area contributed by atoms with E-state index in [-0.39, 0.29) is 27.8 Å². The molecular formula is C39H42N2O10S2. The third-order valence-electron chi connectivity index (χ3n) is 10.7. The Bertz CT molecular complexity index is 2280. The maximum Gasteiger partial charge on any atom is 0.303 e. The predicted octanol–water partition coefficient (Wildman–Crippen LogP) is 6.07. The Kier molecular flexibility index (Phi) is 9.82. The van der Waals surface area contributed by atoms with Gasteiger partial charge in [0, 0.05) is 53.1 Å². The third kappa shape index (κ3) is 7.08. The zero-order valence-corrected chi connectivity index (χ0v) is 31.4. The van der Waals surface area contributed by atoms with Crippen molar-refractivity contribution in [1.82, 2.24) is 0 Å². The van der Waals surface area contributed by atoms with Gasteiger partial charge in [0.05, 0.1) is 21.6 Å². The largest absolute Gasteiger partial charge is 0.481 e. The molecule has 1 saturated carbocycles. The number of allylic oxidation sites excluding steroid dienone is 4. The first-order valence-corrected chi connectivity index (χ1v) is 20.2. The smallest absolute Gasteiger partial charge is 0.303 e. The molecule has 1 aliphatic carbocycles. The number of nitrogens with zero attached hydrogens (tertiary/aromatic N) is 2. The van der Waals surface area contributed by atoms with Crippen LogP contribution in [0.4, 0.5) is 11.4 Å². The molecule has 0 amide bonds. The van der Waals surface area contributed by atoms with E-state index in [9.17, 15) is 40.3 Å². The lowest BCUT2D eigenvalue weighted by Gasteiger charge is -2.35. The maximum atomic E-state index is 14.0. The lowest BCUT2D eigenvalue weighted by Crippen LogP contribution is -2.48. The summed E-state index contributed by atoms with van der Waals surface area (Å²) in [6.07, 6.45) is 4.98. The first-order valence-electron chi connectivity index (χ1n) is 17.3. The van der Waals surface area contributed by atoms with Crippen LogP contribution in [0, 0.1) is 11.8 Å². The van der Waals surface area contributed by atoms with Crippen molar-refractivity contribution in [3.8, 4) is 0 Å². The number of carbonyl (C=O) groups excluding carboxylic acids is 2. The zero-order valence-electron chi connectivity index (χ0n) is 29.8. The number of Topliss-reactive ketones (excluding diaryl/α,β-unsaturated/α-hetero) is 2. The zero-order chi connectivity index (χ0) is 38.7. The van der Waals surface area contributed by atoms with Crippen LogP contribution in [0.15, 0.2) is 100 Å². The average molecular weight is 763 g/mol. The number of carboxylic acids is 1. The van der Waals surface area contributed by atoms with Crippen LogP contribution in [-0.4, -0.2) is 55.1 Å². The van der Waals surface area contributed by atoms with E-state index in [1.54, 1.807) is 24.3 Å². The molecule has 0 bridgehead atoms.